The minimum atomic E-state index is -4.40. The number of likely N-dealkylation sites (tertiary alicyclic amines) is 2. The van der Waals surface area contributed by atoms with E-state index >= 15 is 0 Å². The Morgan fingerprint density at radius 2 is 2.08 bits per heavy atom. The van der Waals surface area contributed by atoms with Crippen LogP contribution < -0.4 is 0 Å². The second kappa shape index (κ2) is 7.13. The normalized spacial score (nSPS) is 23.2. The third-order valence-electron chi connectivity index (χ3n) is 4.91. The second-order valence-electron chi connectivity index (χ2n) is 6.68. The summed E-state index contributed by atoms with van der Waals surface area (Å²) in [6.45, 7) is 4.22. The van der Waals surface area contributed by atoms with Gasteiger partial charge in [0.25, 0.3) is 0 Å². The van der Waals surface area contributed by atoms with Crippen molar-refractivity contribution in [2.75, 3.05) is 32.7 Å². The number of alkyl halides is 3. The number of aromatic amines is 1. The first-order chi connectivity index (χ1) is 11.4. The van der Waals surface area contributed by atoms with Gasteiger partial charge in [0, 0.05) is 37.7 Å². The average Bonchev–Trinajstić information content (AvgIpc) is 3.17. The van der Waals surface area contributed by atoms with Crippen molar-refractivity contribution < 1.29 is 18.0 Å². The summed E-state index contributed by atoms with van der Waals surface area (Å²) in [6.07, 6.45) is -0.0337. The van der Waals surface area contributed by atoms with Crippen LogP contribution >= 0.6 is 0 Å². The molecule has 0 spiro atoms. The van der Waals surface area contributed by atoms with Gasteiger partial charge in [0.2, 0.25) is 5.91 Å². The maximum atomic E-state index is 12.7. The summed E-state index contributed by atoms with van der Waals surface area (Å²) in [5, 5.41) is 5.96. The van der Waals surface area contributed by atoms with Gasteiger partial charge in [0.05, 0.1) is 0 Å². The highest BCUT2D eigenvalue weighted by Crippen LogP contribution is 2.32. The van der Waals surface area contributed by atoms with E-state index in [1.807, 2.05) is 4.90 Å². The van der Waals surface area contributed by atoms with Gasteiger partial charge in [-0.15, -0.1) is 0 Å². The lowest BCUT2D eigenvalue weighted by molar-refractivity contribution is -0.141. The van der Waals surface area contributed by atoms with E-state index in [9.17, 15) is 18.0 Å². The Balaban J connectivity index is 1.49. The van der Waals surface area contributed by atoms with Crippen LogP contribution in [-0.4, -0.2) is 58.6 Å². The molecule has 0 bridgehead atoms. The lowest BCUT2D eigenvalue weighted by atomic mass is 9.94. The molecule has 0 radical (unpaired) electrons. The topological polar surface area (TPSA) is 52.2 Å². The van der Waals surface area contributed by atoms with E-state index < -0.39 is 11.9 Å². The highest BCUT2D eigenvalue weighted by molar-refractivity contribution is 5.77. The van der Waals surface area contributed by atoms with Crippen LogP contribution in [0.3, 0.4) is 0 Å². The molecule has 134 valence electrons. The summed E-state index contributed by atoms with van der Waals surface area (Å²) in [5.41, 5.74) is -0.274. The van der Waals surface area contributed by atoms with E-state index in [0.717, 1.165) is 64.5 Å². The van der Waals surface area contributed by atoms with E-state index in [1.165, 1.54) is 0 Å². The van der Waals surface area contributed by atoms with Gasteiger partial charge in [-0.3, -0.25) is 9.89 Å². The van der Waals surface area contributed by atoms with Crippen molar-refractivity contribution in [3.63, 3.8) is 0 Å². The first-order valence-corrected chi connectivity index (χ1v) is 8.56. The fraction of sp³-hybridized carbons (Fsp3) is 0.750. The first kappa shape index (κ1) is 17.3. The molecule has 1 aromatic rings. The van der Waals surface area contributed by atoms with Crippen LogP contribution in [0.15, 0.2) is 6.07 Å². The van der Waals surface area contributed by atoms with Crippen LogP contribution in [-0.2, 0) is 11.0 Å². The smallest absolute Gasteiger partial charge is 0.343 e. The summed E-state index contributed by atoms with van der Waals surface area (Å²) in [4.78, 5) is 15.8. The van der Waals surface area contributed by atoms with Gasteiger partial charge in [-0.25, -0.2) is 0 Å². The molecule has 2 aliphatic heterocycles. The van der Waals surface area contributed by atoms with Crippen LogP contribution in [0.1, 0.15) is 49.4 Å². The van der Waals surface area contributed by atoms with Gasteiger partial charge in [-0.2, -0.15) is 18.3 Å². The number of carbonyl (C=O) groups is 1. The number of aromatic nitrogens is 2. The zero-order valence-corrected chi connectivity index (χ0v) is 13.6. The van der Waals surface area contributed by atoms with Gasteiger partial charge in [-0.05, 0) is 44.8 Å². The molecule has 1 unspecified atom stereocenters. The number of nitrogens with zero attached hydrogens (tertiary/aromatic N) is 3. The zero-order valence-electron chi connectivity index (χ0n) is 13.6. The van der Waals surface area contributed by atoms with Crippen molar-refractivity contribution in [3.05, 3.63) is 17.5 Å². The molecule has 8 heteroatoms. The summed E-state index contributed by atoms with van der Waals surface area (Å²) < 4.78 is 38.0. The number of nitrogens with one attached hydrogen (secondary N) is 1. The number of rotatable bonds is 5. The van der Waals surface area contributed by atoms with E-state index in [-0.39, 0.29) is 11.8 Å². The molecule has 0 saturated carbocycles. The van der Waals surface area contributed by atoms with E-state index in [2.05, 4.69) is 15.1 Å². The highest BCUT2D eigenvalue weighted by Gasteiger charge is 2.35. The van der Waals surface area contributed by atoms with Crippen LogP contribution in [0.2, 0.25) is 0 Å². The third-order valence-corrected chi connectivity index (χ3v) is 4.91. The molecule has 1 N–H and O–H groups in total. The Hall–Kier alpha value is -1.57. The summed E-state index contributed by atoms with van der Waals surface area (Å²) in [6, 6.07) is 1.14. The fourth-order valence-corrected chi connectivity index (χ4v) is 3.63. The Morgan fingerprint density at radius 3 is 2.75 bits per heavy atom. The summed E-state index contributed by atoms with van der Waals surface area (Å²) >= 11 is 0. The zero-order chi connectivity index (χ0) is 17.2. The maximum Gasteiger partial charge on any atom is 0.435 e. The van der Waals surface area contributed by atoms with Gasteiger partial charge in [0.1, 0.15) is 0 Å². The number of halogens is 3. The minimum Gasteiger partial charge on any atom is -0.343 e. The molecule has 2 aliphatic rings. The standard InChI is InChI=1S/C16H23F3N4O/c17-16(18,19)14-10-13(20-21-14)12-4-1-6-22(11-12)7-3-9-23-8-2-5-15(23)24/h10,12H,1-9,11H2,(H,20,21). The van der Waals surface area contributed by atoms with Gasteiger partial charge < -0.3 is 9.80 Å². The van der Waals surface area contributed by atoms with Crippen molar-refractivity contribution in [1.82, 2.24) is 20.0 Å². The van der Waals surface area contributed by atoms with Gasteiger partial charge in [-0.1, -0.05) is 0 Å². The Labute approximate surface area is 139 Å². The number of piperidine rings is 1. The quantitative estimate of drug-likeness (QED) is 0.893. The molecule has 1 aromatic heterocycles. The lowest BCUT2D eigenvalue weighted by Gasteiger charge is -2.32. The predicted octanol–water partition coefficient (Wildman–Crippen LogP) is 2.62. The number of carbonyl (C=O) groups excluding carboxylic acids is 1. The molecule has 24 heavy (non-hydrogen) atoms. The number of H-pyrrole nitrogens is 1. The average molecular weight is 344 g/mol. The summed E-state index contributed by atoms with van der Waals surface area (Å²) in [5.74, 6) is 0.305. The SMILES string of the molecule is O=C1CCCN1CCCN1CCCC(c2cc(C(F)(F)F)n[nH]2)C1. The van der Waals surface area contributed by atoms with Crippen LogP contribution in [0, 0.1) is 0 Å². The van der Waals surface area contributed by atoms with Crippen LogP contribution in [0.4, 0.5) is 13.2 Å². The molecule has 2 fully saturated rings. The van der Waals surface area contributed by atoms with Crippen molar-refractivity contribution in [3.8, 4) is 0 Å². The Morgan fingerprint density at radius 1 is 1.25 bits per heavy atom. The largest absolute Gasteiger partial charge is 0.435 e. The number of hydrogen-bond acceptors (Lipinski definition) is 3. The second-order valence-corrected chi connectivity index (χ2v) is 6.68. The summed E-state index contributed by atoms with van der Waals surface area (Å²) in [7, 11) is 0. The van der Waals surface area contributed by atoms with E-state index in [1.54, 1.807) is 0 Å². The molecule has 2 saturated heterocycles. The van der Waals surface area contributed by atoms with Crippen LogP contribution in [0.25, 0.3) is 0 Å². The number of amides is 1. The Kier molecular flexibility index (Phi) is 5.12. The first-order valence-electron chi connectivity index (χ1n) is 8.56. The molecular formula is C16H23F3N4O. The Bertz CT molecular complexity index is 572. The maximum absolute atomic E-state index is 12.7. The molecule has 3 rings (SSSR count). The van der Waals surface area contributed by atoms with E-state index in [4.69, 9.17) is 0 Å². The lowest BCUT2D eigenvalue weighted by Crippen LogP contribution is -2.37. The minimum absolute atomic E-state index is 0.0655. The molecule has 0 aliphatic carbocycles. The van der Waals surface area contributed by atoms with E-state index in [0.29, 0.717) is 12.1 Å². The number of hydrogen-bond donors (Lipinski definition) is 1. The third kappa shape index (κ3) is 4.09. The van der Waals surface area contributed by atoms with Crippen molar-refractivity contribution in [2.24, 2.45) is 0 Å². The fourth-order valence-electron chi connectivity index (χ4n) is 3.63. The molecule has 5 nitrogen and oxygen atoms in total. The van der Waals surface area contributed by atoms with Crippen LogP contribution in [0.5, 0.6) is 0 Å². The van der Waals surface area contributed by atoms with Crippen molar-refractivity contribution in [1.29, 1.82) is 0 Å². The monoisotopic (exact) mass is 344 g/mol. The van der Waals surface area contributed by atoms with Crippen molar-refractivity contribution >= 4 is 5.91 Å². The molecule has 1 amide bonds. The van der Waals surface area contributed by atoms with Crippen molar-refractivity contribution in [2.45, 2.75) is 44.2 Å². The predicted molar refractivity (Wildman–Crippen MR) is 82.4 cm³/mol. The highest BCUT2D eigenvalue weighted by atomic mass is 19.4. The molecule has 0 aromatic carbocycles. The van der Waals surface area contributed by atoms with Gasteiger partial charge >= 0.3 is 6.18 Å². The van der Waals surface area contributed by atoms with Gasteiger partial charge in [0.15, 0.2) is 5.69 Å². The molecule has 3 heterocycles. The molecule has 1 atom stereocenters. The molecular weight excluding hydrogens is 321 g/mol.